The van der Waals surface area contributed by atoms with Gasteiger partial charge in [0.25, 0.3) is 0 Å². The van der Waals surface area contributed by atoms with Crippen molar-refractivity contribution in [1.29, 1.82) is 0 Å². The Morgan fingerprint density at radius 3 is 2.07 bits per heavy atom. The van der Waals surface area contributed by atoms with E-state index in [1.54, 1.807) is 0 Å². The van der Waals surface area contributed by atoms with Crippen molar-refractivity contribution >= 4 is 65.4 Å². The molecule has 0 N–H and O–H groups in total. The van der Waals surface area contributed by atoms with Gasteiger partial charge in [0.2, 0.25) is 6.33 Å². The molecule has 5 heterocycles. The van der Waals surface area contributed by atoms with E-state index in [4.69, 9.17) is 9.72 Å². The monoisotopic (exact) mass is 740 g/mol. The molecule has 0 unspecified atom stereocenters. The molecule has 0 aliphatic rings. The Morgan fingerprint density at radius 2 is 1.30 bits per heavy atom. The Morgan fingerprint density at radius 1 is 0.596 bits per heavy atom. The third-order valence-electron chi connectivity index (χ3n) is 11.5. The Balaban J connectivity index is 1.31. The van der Waals surface area contributed by atoms with Gasteiger partial charge in [0, 0.05) is 75.2 Å². The molecule has 0 aliphatic heterocycles. The first kappa shape index (κ1) is 33.2. The van der Waals surface area contributed by atoms with Crippen molar-refractivity contribution in [2.75, 3.05) is 0 Å². The molecule has 0 amide bonds. The van der Waals surface area contributed by atoms with Gasteiger partial charge in [0.05, 0.1) is 40.3 Å². The number of rotatable bonds is 5. The van der Waals surface area contributed by atoms with Crippen LogP contribution in [0.4, 0.5) is 0 Å². The fourth-order valence-electron chi connectivity index (χ4n) is 8.92. The molecule has 0 saturated carbocycles. The number of hydrogen-bond donors (Lipinski definition) is 0. The van der Waals surface area contributed by atoms with E-state index < -0.39 is 0 Å². The summed E-state index contributed by atoms with van der Waals surface area (Å²) in [5.74, 6) is 2.36. The summed E-state index contributed by atoms with van der Waals surface area (Å²) < 4.78 is 17.8. The topological polar surface area (TPSA) is 45.7 Å². The van der Waals surface area contributed by atoms with Crippen molar-refractivity contribution in [3.8, 4) is 28.7 Å². The largest absolute Gasteiger partial charge is 0.458 e. The zero-order valence-electron chi connectivity index (χ0n) is 32.5. The average Bonchev–Trinajstić information content (AvgIpc) is 3.98. The zero-order valence-corrected chi connectivity index (χ0v) is 32.5. The van der Waals surface area contributed by atoms with Gasteiger partial charge >= 0.3 is 0 Å². The van der Waals surface area contributed by atoms with Crippen LogP contribution in [-0.2, 0) is 19.5 Å². The summed E-state index contributed by atoms with van der Waals surface area (Å²) in [4.78, 5) is 5.14. The third-order valence-corrected chi connectivity index (χ3v) is 11.5. The van der Waals surface area contributed by atoms with Crippen molar-refractivity contribution in [2.24, 2.45) is 14.1 Å². The third kappa shape index (κ3) is 4.98. The smallest absolute Gasteiger partial charge is 0.243 e. The number of nitrogens with zero attached hydrogens (tertiary/aromatic N) is 6. The first-order chi connectivity index (χ1) is 27.7. The minimum Gasteiger partial charge on any atom is -0.458 e. The molecule has 0 aliphatic carbocycles. The molecule has 7 nitrogen and oxygen atoms in total. The zero-order chi connectivity index (χ0) is 38.6. The molecule has 5 aromatic heterocycles. The number of hydrogen-bond acceptors (Lipinski definition) is 2. The lowest BCUT2D eigenvalue weighted by atomic mass is 9.88. The molecule has 7 heteroatoms. The Kier molecular flexibility index (Phi) is 7.11. The minimum atomic E-state index is -0.0741. The van der Waals surface area contributed by atoms with Gasteiger partial charge in [-0.1, -0.05) is 87.5 Å². The van der Waals surface area contributed by atoms with Crippen LogP contribution < -0.4 is 9.30 Å². The summed E-state index contributed by atoms with van der Waals surface area (Å²) in [5, 5.41) is 7.19. The summed E-state index contributed by atoms with van der Waals surface area (Å²) in [6.07, 6.45) is 9.22. The molecule has 0 radical (unpaired) electrons. The molecular formula is C50H40N6O. The van der Waals surface area contributed by atoms with E-state index in [0.717, 1.165) is 50.6 Å². The number of pyridine rings is 1. The predicted molar refractivity (Wildman–Crippen MR) is 231 cm³/mol. The van der Waals surface area contributed by atoms with Crippen LogP contribution in [0.3, 0.4) is 0 Å². The van der Waals surface area contributed by atoms with Crippen LogP contribution in [0.1, 0.15) is 26.3 Å². The van der Waals surface area contributed by atoms with Gasteiger partial charge in [-0.3, -0.25) is 4.57 Å². The second-order valence-corrected chi connectivity index (χ2v) is 16.1. The predicted octanol–water partition coefficient (Wildman–Crippen LogP) is 11.4. The lowest BCUT2D eigenvalue weighted by Gasteiger charge is -2.20. The van der Waals surface area contributed by atoms with Gasteiger partial charge in [-0.15, -0.1) is 0 Å². The molecule has 0 atom stereocenters. The molecule has 0 fully saturated rings. The molecule has 0 bridgehead atoms. The van der Waals surface area contributed by atoms with E-state index in [1.165, 1.54) is 49.0 Å². The van der Waals surface area contributed by atoms with Crippen LogP contribution in [0, 0.1) is 6.33 Å². The number of aromatic nitrogens is 6. The highest BCUT2D eigenvalue weighted by molar-refractivity contribution is 6.40. The highest BCUT2D eigenvalue weighted by Gasteiger charge is 2.28. The van der Waals surface area contributed by atoms with E-state index in [1.807, 2.05) is 53.0 Å². The van der Waals surface area contributed by atoms with Crippen molar-refractivity contribution in [3.05, 3.63) is 164 Å². The summed E-state index contributed by atoms with van der Waals surface area (Å²) in [5.41, 5.74) is 10.1. The Bertz CT molecular complexity index is 3390. The summed E-state index contributed by atoms with van der Waals surface area (Å²) in [6.45, 7) is 6.77. The lowest BCUT2D eigenvalue weighted by Crippen LogP contribution is -2.27. The Labute approximate surface area is 329 Å². The van der Waals surface area contributed by atoms with E-state index in [2.05, 4.69) is 163 Å². The normalized spacial score (nSPS) is 12.3. The van der Waals surface area contributed by atoms with E-state index >= 15 is 0 Å². The van der Waals surface area contributed by atoms with E-state index in [0.29, 0.717) is 0 Å². The molecule has 276 valence electrons. The second kappa shape index (κ2) is 12.2. The van der Waals surface area contributed by atoms with Crippen LogP contribution in [0.2, 0.25) is 0 Å². The van der Waals surface area contributed by atoms with Crippen LogP contribution in [-0.4, -0.2) is 23.3 Å². The van der Waals surface area contributed by atoms with Crippen LogP contribution in [0.25, 0.3) is 82.6 Å². The lowest BCUT2D eigenvalue weighted by molar-refractivity contribution is -0.599. The minimum absolute atomic E-state index is 0.0741. The number of fused-ring (bicyclic) bond motifs is 12. The number of ether oxygens (including phenoxy) is 1. The van der Waals surface area contributed by atoms with Gasteiger partial charge in [0.15, 0.2) is 0 Å². The molecule has 6 aromatic carbocycles. The van der Waals surface area contributed by atoms with Gasteiger partial charge in [-0.05, 0) is 71.6 Å². The number of imidazole rings is 1. The highest BCUT2D eigenvalue weighted by Crippen LogP contribution is 2.49. The molecule has 57 heavy (non-hydrogen) atoms. The Hall–Kier alpha value is -7.12. The van der Waals surface area contributed by atoms with E-state index in [9.17, 15) is 0 Å². The summed E-state index contributed by atoms with van der Waals surface area (Å²) in [7, 11) is 4.17. The molecule has 0 spiro atoms. The maximum Gasteiger partial charge on any atom is 0.243 e. The summed E-state index contributed by atoms with van der Waals surface area (Å²) in [6, 6.07) is 47.5. The first-order valence-corrected chi connectivity index (χ1v) is 19.4. The standard InChI is InChI=1S/C50H40N6O/c1-50(2,3)32-24-25-51-43(28-32)56-42-30-36(57-35-17-13-16-34(29-35)54-27-26-52(4)31-54)22-23-39(42)45-44-38-19-10-12-21-41(38)55(33-14-7-6-8-15-33)47(44)46-37-18-9-11-20-40(37)53(5)48(46)49(45)56/h6-30H,1-5H3. The van der Waals surface area contributed by atoms with Crippen molar-refractivity contribution in [2.45, 2.75) is 26.2 Å². The fraction of sp³-hybridized carbons (Fsp3) is 0.120. The molecule has 11 aromatic rings. The average molecular weight is 741 g/mol. The van der Waals surface area contributed by atoms with Crippen LogP contribution in [0.5, 0.6) is 11.5 Å². The maximum absolute atomic E-state index is 6.72. The molecular weight excluding hydrogens is 701 g/mol. The van der Waals surface area contributed by atoms with Gasteiger partial charge < -0.3 is 23.0 Å². The van der Waals surface area contributed by atoms with Crippen molar-refractivity contribution in [1.82, 2.24) is 23.3 Å². The van der Waals surface area contributed by atoms with Crippen LogP contribution >= 0.6 is 0 Å². The maximum atomic E-state index is 6.72. The second-order valence-electron chi connectivity index (χ2n) is 16.1. The summed E-state index contributed by atoms with van der Waals surface area (Å²) >= 11 is 0. The van der Waals surface area contributed by atoms with Gasteiger partial charge in [-0.25, -0.2) is 4.98 Å². The van der Waals surface area contributed by atoms with Crippen LogP contribution in [0.15, 0.2) is 152 Å². The number of para-hydroxylation sites is 3. The van der Waals surface area contributed by atoms with Crippen molar-refractivity contribution in [3.63, 3.8) is 0 Å². The molecule has 0 saturated heterocycles. The van der Waals surface area contributed by atoms with Crippen molar-refractivity contribution < 1.29 is 9.30 Å². The number of benzene rings is 6. The van der Waals surface area contributed by atoms with Gasteiger partial charge in [-0.2, -0.15) is 0 Å². The number of aryl methyl sites for hydroxylation is 2. The highest BCUT2D eigenvalue weighted by atomic mass is 16.5. The SMILES string of the molecule is Cn1[c-][n+](-c2cccc(Oc3ccc4c5c6c7ccccc7n(-c7ccccc7)c6c6c7ccccc7n(C)c6c5n(-c5cc(C(C)(C)C)ccn5)c4c3)c2)cc1. The quantitative estimate of drug-likeness (QED) is 0.130. The molecule has 11 rings (SSSR count). The van der Waals surface area contributed by atoms with Gasteiger partial charge in [0.1, 0.15) is 17.3 Å². The van der Waals surface area contributed by atoms with E-state index in [-0.39, 0.29) is 5.41 Å². The first-order valence-electron chi connectivity index (χ1n) is 19.4. The fourth-order valence-corrected chi connectivity index (χ4v) is 8.92.